The van der Waals surface area contributed by atoms with E-state index in [1.54, 1.807) is 67.8 Å². The standard InChI is InChI=1S/C29H24Cl2N2O4/c1-36-26-12-8-22(16-27(26)37-14-13-19-5-9-23(30)17-25(19)31)29(35)33-24-10-6-18(7-11-24)20-3-2-4-21(15-20)28(32)34/h2-12,15-17H,13-14H2,1H3,(H2,32,34)(H,33,35). The molecule has 0 heterocycles. The van der Waals surface area contributed by atoms with E-state index in [0.717, 1.165) is 16.7 Å². The van der Waals surface area contributed by atoms with Crippen molar-refractivity contribution in [2.24, 2.45) is 5.73 Å². The number of hydrogen-bond acceptors (Lipinski definition) is 4. The number of nitrogens with two attached hydrogens (primary N) is 1. The highest BCUT2D eigenvalue weighted by Crippen LogP contribution is 2.30. The van der Waals surface area contributed by atoms with Gasteiger partial charge in [0.2, 0.25) is 5.91 Å². The maximum absolute atomic E-state index is 12.9. The third-order valence-electron chi connectivity index (χ3n) is 5.69. The highest BCUT2D eigenvalue weighted by atomic mass is 35.5. The van der Waals surface area contributed by atoms with E-state index in [1.807, 2.05) is 24.3 Å². The van der Waals surface area contributed by atoms with Crippen molar-refractivity contribution in [3.8, 4) is 22.6 Å². The lowest BCUT2D eigenvalue weighted by Gasteiger charge is -2.13. The van der Waals surface area contributed by atoms with Crippen LogP contribution < -0.4 is 20.5 Å². The van der Waals surface area contributed by atoms with E-state index in [1.165, 1.54) is 0 Å². The summed E-state index contributed by atoms with van der Waals surface area (Å²) in [5.41, 5.74) is 9.50. The quantitative estimate of drug-likeness (QED) is 0.251. The van der Waals surface area contributed by atoms with Crippen LogP contribution in [0.25, 0.3) is 11.1 Å². The molecule has 0 radical (unpaired) electrons. The molecule has 0 unspecified atom stereocenters. The largest absolute Gasteiger partial charge is 0.493 e. The maximum atomic E-state index is 12.9. The number of primary amides is 1. The summed E-state index contributed by atoms with van der Waals surface area (Å²) in [5.74, 6) is 0.185. The molecule has 4 aromatic rings. The van der Waals surface area contributed by atoms with Crippen LogP contribution in [-0.4, -0.2) is 25.5 Å². The molecule has 0 spiro atoms. The van der Waals surface area contributed by atoms with Gasteiger partial charge in [-0.2, -0.15) is 0 Å². The first-order valence-corrected chi connectivity index (χ1v) is 12.2. The molecule has 37 heavy (non-hydrogen) atoms. The van der Waals surface area contributed by atoms with Crippen molar-refractivity contribution in [1.29, 1.82) is 0 Å². The summed E-state index contributed by atoms with van der Waals surface area (Å²) in [6.45, 7) is 0.335. The zero-order valence-corrected chi connectivity index (χ0v) is 21.5. The van der Waals surface area contributed by atoms with Crippen molar-refractivity contribution in [3.63, 3.8) is 0 Å². The first kappa shape index (κ1) is 26.1. The van der Waals surface area contributed by atoms with Crippen molar-refractivity contribution < 1.29 is 19.1 Å². The Morgan fingerprint density at radius 3 is 2.32 bits per heavy atom. The normalized spacial score (nSPS) is 10.6. The summed E-state index contributed by atoms with van der Waals surface area (Å²) < 4.78 is 11.3. The third kappa shape index (κ3) is 6.61. The highest BCUT2D eigenvalue weighted by molar-refractivity contribution is 6.35. The number of carbonyl (C=O) groups excluding carboxylic acids is 2. The number of hydrogen-bond donors (Lipinski definition) is 2. The molecule has 2 amide bonds. The molecule has 0 fully saturated rings. The van der Waals surface area contributed by atoms with Gasteiger partial charge in [-0.3, -0.25) is 9.59 Å². The number of benzene rings is 4. The summed E-state index contributed by atoms with van der Waals surface area (Å²) >= 11 is 12.2. The minimum Gasteiger partial charge on any atom is -0.493 e. The Morgan fingerprint density at radius 2 is 1.62 bits per heavy atom. The van der Waals surface area contributed by atoms with E-state index < -0.39 is 5.91 Å². The smallest absolute Gasteiger partial charge is 0.255 e. The Hall–Kier alpha value is -4.00. The molecule has 0 saturated carbocycles. The van der Waals surface area contributed by atoms with Crippen LogP contribution in [0.3, 0.4) is 0 Å². The summed E-state index contributed by atoms with van der Waals surface area (Å²) in [7, 11) is 1.54. The van der Waals surface area contributed by atoms with E-state index in [-0.39, 0.29) is 5.91 Å². The number of carbonyl (C=O) groups is 2. The minimum atomic E-state index is -0.484. The fourth-order valence-corrected chi connectivity index (χ4v) is 4.23. The van der Waals surface area contributed by atoms with Crippen LogP contribution in [0.15, 0.2) is 84.9 Å². The number of halogens is 2. The van der Waals surface area contributed by atoms with Crippen LogP contribution in [0.2, 0.25) is 10.0 Å². The second kappa shape index (κ2) is 11.8. The van der Waals surface area contributed by atoms with Crippen molar-refractivity contribution in [1.82, 2.24) is 0 Å². The van der Waals surface area contributed by atoms with Crippen LogP contribution in [0, 0.1) is 0 Å². The van der Waals surface area contributed by atoms with Crippen LogP contribution in [0.5, 0.6) is 11.5 Å². The van der Waals surface area contributed by atoms with Crippen molar-refractivity contribution >= 4 is 40.7 Å². The van der Waals surface area contributed by atoms with Gasteiger partial charge in [0.05, 0.1) is 13.7 Å². The van der Waals surface area contributed by atoms with Crippen LogP contribution in [0.1, 0.15) is 26.3 Å². The van der Waals surface area contributed by atoms with Gasteiger partial charge in [-0.05, 0) is 71.3 Å². The Labute approximate surface area is 224 Å². The third-order valence-corrected chi connectivity index (χ3v) is 6.28. The highest BCUT2D eigenvalue weighted by Gasteiger charge is 2.13. The van der Waals surface area contributed by atoms with Crippen LogP contribution in [-0.2, 0) is 6.42 Å². The second-order valence-electron chi connectivity index (χ2n) is 8.18. The fourth-order valence-electron chi connectivity index (χ4n) is 3.73. The van der Waals surface area contributed by atoms with Gasteiger partial charge in [0.1, 0.15) is 0 Å². The molecule has 4 rings (SSSR count). The van der Waals surface area contributed by atoms with Gasteiger partial charge < -0.3 is 20.5 Å². The van der Waals surface area contributed by atoms with E-state index in [4.69, 9.17) is 38.4 Å². The molecule has 0 aromatic heterocycles. The van der Waals surface area contributed by atoms with Crippen LogP contribution >= 0.6 is 23.2 Å². The molecule has 0 aliphatic carbocycles. The first-order valence-electron chi connectivity index (χ1n) is 11.4. The molecular weight excluding hydrogens is 511 g/mol. The molecule has 3 N–H and O–H groups in total. The monoisotopic (exact) mass is 534 g/mol. The number of anilines is 1. The lowest BCUT2D eigenvalue weighted by atomic mass is 10.0. The summed E-state index contributed by atoms with van der Waals surface area (Å²) in [5, 5.41) is 4.03. The Kier molecular flexibility index (Phi) is 8.33. The van der Waals surface area contributed by atoms with Crippen molar-refractivity contribution in [2.75, 3.05) is 19.0 Å². The lowest BCUT2D eigenvalue weighted by Crippen LogP contribution is -2.12. The minimum absolute atomic E-state index is 0.295. The molecule has 0 bridgehead atoms. The average molecular weight is 535 g/mol. The average Bonchev–Trinajstić information content (AvgIpc) is 2.90. The van der Waals surface area contributed by atoms with Gasteiger partial charge in [-0.15, -0.1) is 0 Å². The van der Waals surface area contributed by atoms with E-state index in [9.17, 15) is 9.59 Å². The van der Waals surface area contributed by atoms with Gasteiger partial charge in [0, 0.05) is 33.3 Å². The molecule has 6 nitrogen and oxygen atoms in total. The zero-order valence-electron chi connectivity index (χ0n) is 20.0. The van der Waals surface area contributed by atoms with Gasteiger partial charge >= 0.3 is 0 Å². The maximum Gasteiger partial charge on any atom is 0.255 e. The lowest BCUT2D eigenvalue weighted by molar-refractivity contribution is 0.0997. The summed E-state index contributed by atoms with van der Waals surface area (Å²) in [6, 6.07) is 24.7. The number of amides is 2. The Bertz CT molecular complexity index is 1440. The molecular formula is C29H24Cl2N2O4. The van der Waals surface area contributed by atoms with Gasteiger partial charge in [0.25, 0.3) is 5.91 Å². The van der Waals surface area contributed by atoms with E-state index >= 15 is 0 Å². The first-order chi connectivity index (χ1) is 17.8. The fraction of sp³-hybridized carbons (Fsp3) is 0.103. The molecule has 4 aromatic carbocycles. The van der Waals surface area contributed by atoms with Gasteiger partial charge in [-0.1, -0.05) is 53.5 Å². The number of rotatable bonds is 9. The molecule has 0 aliphatic rings. The zero-order chi connectivity index (χ0) is 26.4. The van der Waals surface area contributed by atoms with Crippen molar-refractivity contribution in [3.05, 3.63) is 112 Å². The van der Waals surface area contributed by atoms with E-state index in [0.29, 0.717) is 51.4 Å². The molecule has 188 valence electrons. The van der Waals surface area contributed by atoms with Crippen LogP contribution in [0.4, 0.5) is 5.69 Å². The molecule has 0 saturated heterocycles. The predicted octanol–water partition coefficient (Wildman–Crippen LogP) is 6.64. The molecule has 0 aliphatic heterocycles. The molecule has 8 heteroatoms. The van der Waals surface area contributed by atoms with Gasteiger partial charge in [0.15, 0.2) is 11.5 Å². The SMILES string of the molecule is COc1ccc(C(=O)Nc2ccc(-c3cccc(C(N)=O)c3)cc2)cc1OCCc1ccc(Cl)cc1Cl. The Balaban J connectivity index is 1.43. The topological polar surface area (TPSA) is 90.6 Å². The molecule has 0 atom stereocenters. The summed E-state index contributed by atoms with van der Waals surface area (Å²) in [4.78, 5) is 24.4. The van der Waals surface area contributed by atoms with Crippen molar-refractivity contribution in [2.45, 2.75) is 6.42 Å². The number of methoxy groups -OCH3 is 1. The number of ether oxygens (including phenoxy) is 2. The second-order valence-corrected chi connectivity index (χ2v) is 9.02. The van der Waals surface area contributed by atoms with E-state index in [2.05, 4.69) is 5.32 Å². The summed E-state index contributed by atoms with van der Waals surface area (Å²) in [6.07, 6.45) is 0.560. The van der Waals surface area contributed by atoms with Gasteiger partial charge in [-0.25, -0.2) is 0 Å². The Morgan fingerprint density at radius 1 is 0.838 bits per heavy atom. The number of nitrogens with one attached hydrogen (secondary N) is 1. The predicted molar refractivity (Wildman–Crippen MR) is 147 cm³/mol.